The predicted octanol–water partition coefficient (Wildman–Crippen LogP) is 4.88. The van der Waals surface area contributed by atoms with E-state index >= 15 is 0 Å². The molecule has 1 aliphatic heterocycles. The summed E-state index contributed by atoms with van der Waals surface area (Å²) in [6, 6.07) is 12.0. The first-order valence-electron chi connectivity index (χ1n) is 10.5. The number of hydrogen-bond acceptors (Lipinski definition) is 5. The van der Waals surface area contributed by atoms with Gasteiger partial charge in [-0.05, 0) is 50.1 Å². The number of rotatable bonds is 6. The summed E-state index contributed by atoms with van der Waals surface area (Å²) in [5, 5.41) is 0.452. The summed E-state index contributed by atoms with van der Waals surface area (Å²) in [7, 11) is 0. The van der Waals surface area contributed by atoms with E-state index in [1.165, 1.54) is 5.56 Å². The molecule has 0 saturated carbocycles. The van der Waals surface area contributed by atoms with Crippen LogP contribution in [0.3, 0.4) is 0 Å². The standard InChI is InChI=1S/C24H30ClN3O3/c1-24(2,3)31-23(29)28-14-12-27(13-15-28)18-20-8-6-19(7-9-20)5-4-16-30-21-10-11-22(25)26-17-21/h4-11,17H,12-16,18H2,1-3H3/b5-4+. The van der Waals surface area contributed by atoms with Crippen LogP contribution in [0.2, 0.25) is 5.15 Å². The molecule has 0 aliphatic carbocycles. The molecular weight excluding hydrogens is 414 g/mol. The summed E-state index contributed by atoms with van der Waals surface area (Å²) in [6.07, 6.45) is 5.39. The number of piperazine rings is 1. The van der Waals surface area contributed by atoms with E-state index in [1.54, 1.807) is 23.2 Å². The van der Waals surface area contributed by atoms with Crippen LogP contribution in [0.15, 0.2) is 48.7 Å². The van der Waals surface area contributed by atoms with Crippen LogP contribution in [-0.2, 0) is 11.3 Å². The molecule has 0 bridgehead atoms. The Kier molecular flexibility index (Phi) is 7.93. The first-order valence-corrected chi connectivity index (χ1v) is 10.9. The van der Waals surface area contributed by atoms with Crippen molar-refractivity contribution in [3.05, 3.63) is 65.0 Å². The SMILES string of the molecule is CC(C)(C)OC(=O)N1CCN(Cc2ccc(/C=C/COc3ccc(Cl)nc3)cc2)CC1. The Morgan fingerprint density at radius 3 is 2.42 bits per heavy atom. The molecule has 1 aliphatic rings. The minimum Gasteiger partial charge on any atom is -0.488 e. The molecule has 0 unspecified atom stereocenters. The average Bonchev–Trinajstić information content (AvgIpc) is 2.73. The fourth-order valence-corrected chi connectivity index (χ4v) is 3.30. The van der Waals surface area contributed by atoms with E-state index in [2.05, 4.69) is 34.1 Å². The number of halogens is 1. The van der Waals surface area contributed by atoms with E-state index in [9.17, 15) is 4.79 Å². The average molecular weight is 444 g/mol. The van der Waals surface area contributed by atoms with Gasteiger partial charge >= 0.3 is 6.09 Å². The van der Waals surface area contributed by atoms with Gasteiger partial charge in [0, 0.05) is 32.7 Å². The van der Waals surface area contributed by atoms with Crippen LogP contribution in [-0.4, -0.2) is 59.3 Å². The zero-order chi connectivity index (χ0) is 22.3. The highest BCUT2D eigenvalue weighted by Gasteiger charge is 2.25. The highest BCUT2D eigenvalue weighted by Crippen LogP contribution is 2.15. The minimum absolute atomic E-state index is 0.223. The van der Waals surface area contributed by atoms with Gasteiger partial charge in [-0.2, -0.15) is 0 Å². The van der Waals surface area contributed by atoms with Gasteiger partial charge in [-0.1, -0.05) is 41.9 Å². The fraction of sp³-hybridized carbons (Fsp3) is 0.417. The number of hydrogen-bond donors (Lipinski definition) is 0. The Labute approximate surface area is 189 Å². The van der Waals surface area contributed by atoms with E-state index in [0.29, 0.717) is 30.6 Å². The molecule has 0 radical (unpaired) electrons. The van der Waals surface area contributed by atoms with Crippen molar-refractivity contribution in [1.29, 1.82) is 0 Å². The molecule has 6 nitrogen and oxygen atoms in total. The Morgan fingerprint density at radius 2 is 1.81 bits per heavy atom. The summed E-state index contributed by atoms with van der Waals surface area (Å²) >= 11 is 5.76. The third kappa shape index (κ3) is 7.89. The summed E-state index contributed by atoms with van der Waals surface area (Å²) < 4.78 is 11.1. The molecule has 0 spiro atoms. The Balaban J connectivity index is 1.40. The van der Waals surface area contributed by atoms with Crippen LogP contribution in [0.1, 0.15) is 31.9 Å². The maximum Gasteiger partial charge on any atom is 0.410 e. The molecular formula is C24H30ClN3O3. The third-order valence-electron chi connectivity index (χ3n) is 4.77. The third-order valence-corrected chi connectivity index (χ3v) is 4.99. The van der Waals surface area contributed by atoms with Gasteiger partial charge in [0.2, 0.25) is 0 Å². The summed E-state index contributed by atoms with van der Waals surface area (Å²) in [6.45, 7) is 10.1. The number of carbonyl (C=O) groups excluding carboxylic acids is 1. The normalized spacial score (nSPS) is 15.3. The van der Waals surface area contributed by atoms with Crippen molar-refractivity contribution in [2.75, 3.05) is 32.8 Å². The number of pyridine rings is 1. The second-order valence-corrected chi connectivity index (χ2v) is 8.90. The number of benzene rings is 1. The van der Waals surface area contributed by atoms with Gasteiger partial charge in [0.1, 0.15) is 23.1 Å². The summed E-state index contributed by atoms with van der Waals surface area (Å²) in [5.41, 5.74) is 1.92. The van der Waals surface area contributed by atoms with Gasteiger partial charge < -0.3 is 14.4 Å². The number of carbonyl (C=O) groups is 1. The van der Waals surface area contributed by atoms with Crippen molar-refractivity contribution in [3.8, 4) is 5.75 Å². The van der Waals surface area contributed by atoms with Crippen molar-refractivity contribution in [2.24, 2.45) is 0 Å². The maximum atomic E-state index is 12.2. The number of aromatic nitrogens is 1. The van der Waals surface area contributed by atoms with Gasteiger partial charge in [-0.15, -0.1) is 0 Å². The van der Waals surface area contributed by atoms with Gasteiger partial charge in [0.15, 0.2) is 0 Å². The van der Waals surface area contributed by atoms with Gasteiger partial charge in [0.25, 0.3) is 0 Å². The van der Waals surface area contributed by atoms with Crippen LogP contribution in [0.25, 0.3) is 6.08 Å². The fourth-order valence-electron chi connectivity index (χ4n) is 3.18. The lowest BCUT2D eigenvalue weighted by atomic mass is 10.1. The Morgan fingerprint density at radius 1 is 1.10 bits per heavy atom. The molecule has 1 saturated heterocycles. The zero-order valence-electron chi connectivity index (χ0n) is 18.4. The molecule has 1 aromatic carbocycles. The summed E-state index contributed by atoms with van der Waals surface area (Å²) in [4.78, 5) is 20.3. The second-order valence-electron chi connectivity index (χ2n) is 8.52. The Hall–Kier alpha value is -2.57. The molecule has 2 aromatic rings. The molecule has 1 amide bonds. The number of nitrogens with zero attached hydrogens (tertiary/aromatic N) is 3. The van der Waals surface area contributed by atoms with Gasteiger partial charge in [-0.25, -0.2) is 9.78 Å². The van der Waals surface area contributed by atoms with Crippen LogP contribution < -0.4 is 4.74 Å². The van der Waals surface area contributed by atoms with E-state index in [-0.39, 0.29) is 6.09 Å². The predicted molar refractivity (Wildman–Crippen MR) is 123 cm³/mol. The quantitative estimate of drug-likeness (QED) is 0.595. The van der Waals surface area contributed by atoms with Crippen molar-refractivity contribution in [2.45, 2.75) is 32.9 Å². The highest BCUT2D eigenvalue weighted by atomic mass is 35.5. The smallest absolute Gasteiger partial charge is 0.410 e. The molecule has 1 aromatic heterocycles. The van der Waals surface area contributed by atoms with E-state index in [4.69, 9.17) is 21.1 Å². The molecule has 0 atom stereocenters. The van der Waals surface area contributed by atoms with Crippen molar-refractivity contribution >= 4 is 23.8 Å². The highest BCUT2D eigenvalue weighted by molar-refractivity contribution is 6.29. The molecule has 3 rings (SSSR count). The zero-order valence-corrected chi connectivity index (χ0v) is 19.1. The summed E-state index contributed by atoms with van der Waals surface area (Å²) in [5.74, 6) is 0.691. The molecule has 31 heavy (non-hydrogen) atoms. The molecule has 2 heterocycles. The minimum atomic E-state index is -0.455. The molecule has 0 N–H and O–H groups in total. The van der Waals surface area contributed by atoms with Gasteiger partial charge in [0.05, 0.1) is 6.20 Å². The van der Waals surface area contributed by atoms with Crippen LogP contribution in [0.4, 0.5) is 4.79 Å². The van der Waals surface area contributed by atoms with Crippen molar-refractivity contribution < 1.29 is 14.3 Å². The lowest BCUT2D eigenvalue weighted by molar-refractivity contribution is 0.0139. The van der Waals surface area contributed by atoms with Crippen molar-refractivity contribution in [3.63, 3.8) is 0 Å². The lowest BCUT2D eigenvalue weighted by Crippen LogP contribution is -2.49. The monoisotopic (exact) mass is 443 g/mol. The van der Waals surface area contributed by atoms with Crippen LogP contribution >= 0.6 is 11.6 Å². The topological polar surface area (TPSA) is 54.9 Å². The molecule has 1 fully saturated rings. The molecule has 166 valence electrons. The van der Waals surface area contributed by atoms with E-state index in [1.807, 2.05) is 32.9 Å². The van der Waals surface area contributed by atoms with Gasteiger partial charge in [-0.3, -0.25) is 4.90 Å². The van der Waals surface area contributed by atoms with Crippen LogP contribution in [0, 0.1) is 0 Å². The largest absolute Gasteiger partial charge is 0.488 e. The molecule has 7 heteroatoms. The maximum absolute atomic E-state index is 12.2. The second kappa shape index (κ2) is 10.6. The van der Waals surface area contributed by atoms with Crippen LogP contribution in [0.5, 0.6) is 5.75 Å². The number of ether oxygens (including phenoxy) is 2. The number of amides is 1. The first-order chi connectivity index (χ1) is 14.8. The Bertz CT molecular complexity index is 868. The lowest BCUT2D eigenvalue weighted by Gasteiger charge is -2.35. The van der Waals surface area contributed by atoms with E-state index < -0.39 is 5.60 Å². The van der Waals surface area contributed by atoms with E-state index in [0.717, 1.165) is 25.2 Å². The first kappa shape index (κ1) is 23.1. The van der Waals surface area contributed by atoms with Crippen molar-refractivity contribution in [1.82, 2.24) is 14.8 Å².